The molecule has 1 unspecified atom stereocenters. The fourth-order valence-electron chi connectivity index (χ4n) is 4.62. The number of amides is 1. The van der Waals surface area contributed by atoms with Crippen LogP contribution in [0.5, 0.6) is 17.2 Å². The number of nitrogens with zero attached hydrogens (tertiary/aromatic N) is 1. The zero-order chi connectivity index (χ0) is 31.9. The van der Waals surface area contributed by atoms with E-state index in [-0.39, 0.29) is 12.2 Å². The number of nitrogens with one attached hydrogen (secondary N) is 1. The number of aliphatic carboxylic acids is 1. The van der Waals surface area contributed by atoms with Gasteiger partial charge in [0, 0.05) is 30.2 Å². The van der Waals surface area contributed by atoms with Crippen molar-refractivity contribution in [2.45, 2.75) is 32.7 Å². The molecule has 230 valence electrons. The van der Waals surface area contributed by atoms with Gasteiger partial charge in [-0.3, -0.25) is 4.79 Å². The third kappa shape index (κ3) is 8.67. The fraction of sp³-hybridized carbons (Fsp3) is 0.212. The topological polar surface area (TPSA) is 88.1 Å². The van der Waals surface area contributed by atoms with Crippen molar-refractivity contribution in [3.8, 4) is 28.4 Å². The van der Waals surface area contributed by atoms with Gasteiger partial charge in [-0.05, 0) is 85.1 Å². The summed E-state index contributed by atoms with van der Waals surface area (Å²) in [5.74, 6) is -1.25. The number of carboxylic acids is 1. The Morgan fingerprint density at radius 3 is 2.14 bits per heavy atom. The van der Waals surface area contributed by atoms with Gasteiger partial charge in [-0.25, -0.2) is 4.79 Å². The van der Waals surface area contributed by atoms with Crippen molar-refractivity contribution in [2.75, 3.05) is 18.0 Å². The number of carbonyl (C=O) groups is 2. The molecule has 0 aliphatic heterocycles. The molecule has 7 nitrogen and oxygen atoms in total. The summed E-state index contributed by atoms with van der Waals surface area (Å²) in [5.41, 5.74) is 3.30. The molecule has 0 aliphatic carbocycles. The second kappa shape index (κ2) is 14.2. The summed E-state index contributed by atoms with van der Waals surface area (Å²) in [6.07, 6.45) is -4.72. The first-order valence-corrected chi connectivity index (χ1v) is 14.1. The molecule has 4 rings (SSSR count). The Labute approximate surface area is 257 Å². The SMILES string of the molecule is CCN(CC)c1ccc(Cl)cc1C(=O)NC(Cc1ccc(-c2cccc(Oc3ccc(OC(F)(F)F)cc3)c2)cc1)C(=O)O. The molecule has 0 heterocycles. The first kappa shape index (κ1) is 32.2. The Kier molecular flexibility index (Phi) is 10.4. The third-order valence-corrected chi connectivity index (χ3v) is 7.00. The summed E-state index contributed by atoms with van der Waals surface area (Å²) in [6, 6.07) is 23.2. The van der Waals surface area contributed by atoms with Crippen molar-refractivity contribution in [1.29, 1.82) is 0 Å². The minimum Gasteiger partial charge on any atom is -0.480 e. The number of anilines is 1. The normalized spacial score (nSPS) is 11.9. The molecule has 0 aliphatic rings. The van der Waals surface area contributed by atoms with Crippen LogP contribution in [-0.2, 0) is 11.2 Å². The van der Waals surface area contributed by atoms with Crippen molar-refractivity contribution in [1.82, 2.24) is 5.32 Å². The van der Waals surface area contributed by atoms with E-state index in [1.807, 2.05) is 36.9 Å². The first-order valence-electron chi connectivity index (χ1n) is 13.8. The van der Waals surface area contributed by atoms with E-state index >= 15 is 0 Å². The highest BCUT2D eigenvalue weighted by Gasteiger charge is 2.31. The first-order chi connectivity index (χ1) is 21.0. The van der Waals surface area contributed by atoms with Gasteiger partial charge in [-0.15, -0.1) is 13.2 Å². The van der Waals surface area contributed by atoms with E-state index in [0.717, 1.165) is 23.3 Å². The Bertz CT molecular complexity index is 1590. The van der Waals surface area contributed by atoms with Gasteiger partial charge in [0.05, 0.1) is 5.56 Å². The number of ether oxygens (including phenoxy) is 2. The number of hydrogen-bond donors (Lipinski definition) is 2. The Morgan fingerprint density at radius 1 is 0.864 bits per heavy atom. The lowest BCUT2D eigenvalue weighted by Crippen LogP contribution is -2.42. The van der Waals surface area contributed by atoms with Gasteiger partial charge in [0.15, 0.2) is 0 Å². The van der Waals surface area contributed by atoms with Crippen molar-refractivity contribution in [2.24, 2.45) is 0 Å². The minimum atomic E-state index is -4.78. The smallest absolute Gasteiger partial charge is 0.480 e. The summed E-state index contributed by atoms with van der Waals surface area (Å²) in [6.45, 7) is 5.25. The van der Waals surface area contributed by atoms with Gasteiger partial charge in [-0.2, -0.15) is 0 Å². The molecule has 0 saturated heterocycles. The van der Waals surface area contributed by atoms with Crippen LogP contribution in [0.3, 0.4) is 0 Å². The molecule has 4 aromatic rings. The highest BCUT2D eigenvalue weighted by atomic mass is 35.5. The maximum Gasteiger partial charge on any atom is 0.573 e. The molecule has 0 spiro atoms. The molecule has 0 saturated carbocycles. The van der Waals surface area contributed by atoms with E-state index in [9.17, 15) is 27.9 Å². The van der Waals surface area contributed by atoms with Crippen molar-refractivity contribution in [3.05, 3.63) is 107 Å². The fourth-order valence-corrected chi connectivity index (χ4v) is 4.79. The van der Waals surface area contributed by atoms with Gasteiger partial charge >= 0.3 is 12.3 Å². The average Bonchev–Trinajstić information content (AvgIpc) is 2.99. The monoisotopic (exact) mass is 626 g/mol. The van der Waals surface area contributed by atoms with Gasteiger partial charge in [-0.1, -0.05) is 48.0 Å². The van der Waals surface area contributed by atoms with Crippen LogP contribution >= 0.6 is 11.6 Å². The van der Waals surface area contributed by atoms with Crippen molar-refractivity contribution in [3.63, 3.8) is 0 Å². The lowest BCUT2D eigenvalue weighted by molar-refractivity contribution is -0.274. The molecule has 0 aromatic heterocycles. The number of rotatable bonds is 12. The number of benzene rings is 4. The molecular formula is C33H30ClF3N2O5. The van der Waals surface area contributed by atoms with Crippen LogP contribution < -0.4 is 19.7 Å². The van der Waals surface area contributed by atoms with Crippen molar-refractivity contribution < 1.29 is 37.3 Å². The summed E-state index contributed by atoms with van der Waals surface area (Å²) >= 11 is 6.16. The van der Waals surface area contributed by atoms with Crippen LogP contribution in [0.1, 0.15) is 29.8 Å². The summed E-state index contributed by atoms with van der Waals surface area (Å²) in [5, 5.41) is 12.9. The summed E-state index contributed by atoms with van der Waals surface area (Å²) < 4.78 is 46.9. The molecule has 0 fully saturated rings. The molecule has 1 amide bonds. The predicted molar refractivity (Wildman–Crippen MR) is 163 cm³/mol. The molecule has 0 radical (unpaired) electrons. The Balaban J connectivity index is 1.44. The Morgan fingerprint density at radius 2 is 1.52 bits per heavy atom. The lowest BCUT2D eigenvalue weighted by atomic mass is 10.00. The van der Waals surface area contributed by atoms with Crippen LogP contribution in [0.2, 0.25) is 5.02 Å². The number of carboxylic acid groups (broad SMARTS) is 1. The van der Waals surface area contributed by atoms with E-state index < -0.39 is 24.3 Å². The quantitative estimate of drug-likeness (QED) is 0.166. The van der Waals surface area contributed by atoms with Crippen LogP contribution in [0.4, 0.5) is 18.9 Å². The van der Waals surface area contributed by atoms with Crippen LogP contribution in [0, 0.1) is 0 Å². The maximum atomic E-state index is 13.2. The minimum absolute atomic E-state index is 0.0553. The van der Waals surface area contributed by atoms with Crippen LogP contribution in [0.25, 0.3) is 11.1 Å². The van der Waals surface area contributed by atoms with E-state index in [1.165, 1.54) is 18.2 Å². The average molecular weight is 627 g/mol. The second-order valence-electron chi connectivity index (χ2n) is 9.75. The van der Waals surface area contributed by atoms with E-state index in [2.05, 4.69) is 10.1 Å². The number of alkyl halides is 3. The van der Waals surface area contributed by atoms with Crippen molar-refractivity contribution >= 4 is 29.2 Å². The molecule has 4 aromatic carbocycles. The van der Waals surface area contributed by atoms with Gasteiger partial charge in [0.2, 0.25) is 0 Å². The van der Waals surface area contributed by atoms with Gasteiger partial charge in [0.1, 0.15) is 23.3 Å². The summed E-state index contributed by atoms with van der Waals surface area (Å²) in [4.78, 5) is 27.3. The van der Waals surface area contributed by atoms with Crippen LogP contribution in [0.15, 0.2) is 91.0 Å². The highest BCUT2D eigenvalue weighted by molar-refractivity contribution is 6.31. The third-order valence-electron chi connectivity index (χ3n) is 6.76. The van der Waals surface area contributed by atoms with E-state index in [0.29, 0.717) is 46.4 Å². The maximum absolute atomic E-state index is 13.2. The lowest BCUT2D eigenvalue weighted by Gasteiger charge is -2.24. The van der Waals surface area contributed by atoms with Gasteiger partial charge in [0.25, 0.3) is 5.91 Å². The number of hydrogen-bond acceptors (Lipinski definition) is 5. The predicted octanol–water partition coefficient (Wildman–Crippen LogP) is 7.97. The zero-order valence-corrected chi connectivity index (χ0v) is 24.7. The molecule has 44 heavy (non-hydrogen) atoms. The summed E-state index contributed by atoms with van der Waals surface area (Å²) in [7, 11) is 0. The zero-order valence-electron chi connectivity index (χ0n) is 23.9. The molecule has 11 heteroatoms. The van der Waals surface area contributed by atoms with Crippen LogP contribution in [-0.4, -0.2) is 42.5 Å². The molecule has 2 N–H and O–H groups in total. The second-order valence-corrected chi connectivity index (χ2v) is 10.2. The number of carbonyl (C=O) groups excluding carboxylic acids is 1. The Hall–Kier alpha value is -4.70. The van der Waals surface area contributed by atoms with E-state index in [1.54, 1.807) is 42.5 Å². The number of halogens is 4. The molecule has 1 atom stereocenters. The standard InChI is InChI=1S/C33H30ClF3N2O5/c1-3-39(4-2)30-17-12-24(34)20-28(30)31(40)38-29(32(41)42)18-21-8-10-22(11-9-21)23-6-5-7-27(19-23)43-25-13-15-26(16-14-25)44-33(35,36)37/h5-17,19-20,29H,3-4,18H2,1-2H3,(H,38,40)(H,41,42). The van der Waals surface area contributed by atoms with E-state index in [4.69, 9.17) is 16.3 Å². The highest BCUT2D eigenvalue weighted by Crippen LogP contribution is 2.30. The molecular weight excluding hydrogens is 597 g/mol. The molecule has 0 bridgehead atoms. The largest absolute Gasteiger partial charge is 0.573 e. The van der Waals surface area contributed by atoms with Gasteiger partial charge < -0.3 is 24.8 Å².